The number of nitrogen functional groups attached to an aromatic ring is 1. The summed E-state index contributed by atoms with van der Waals surface area (Å²) >= 11 is 0. The highest BCUT2D eigenvalue weighted by Gasteiger charge is 2.34. The minimum atomic E-state index is -0.887. The number of anilines is 1. The van der Waals surface area contributed by atoms with Gasteiger partial charge in [0.05, 0.1) is 29.0 Å². The van der Waals surface area contributed by atoms with Crippen LogP contribution in [0.4, 0.5) is 5.82 Å². The second-order valence-corrected chi connectivity index (χ2v) is 6.44. The molecular weight excluding hydrogens is 316 g/mol. The van der Waals surface area contributed by atoms with E-state index >= 15 is 0 Å². The average Bonchev–Trinajstić information content (AvgIpc) is 3.07. The van der Waals surface area contributed by atoms with E-state index in [9.17, 15) is 5.11 Å². The lowest BCUT2D eigenvalue weighted by Gasteiger charge is -2.34. The third kappa shape index (κ3) is 3.07. The molecule has 0 saturated heterocycles. The SMILES string of the molecule is CCOCCC(O)(CC)[C@@H](C)n1cnc2c(N)nc3ccccc3c21. The van der Waals surface area contributed by atoms with Gasteiger partial charge in [-0.25, -0.2) is 9.97 Å². The van der Waals surface area contributed by atoms with Crippen molar-refractivity contribution in [3.8, 4) is 0 Å². The predicted molar refractivity (Wildman–Crippen MR) is 101 cm³/mol. The Labute approximate surface area is 147 Å². The summed E-state index contributed by atoms with van der Waals surface area (Å²) in [5.74, 6) is 0.411. The van der Waals surface area contributed by atoms with Gasteiger partial charge in [0.25, 0.3) is 0 Å². The van der Waals surface area contributed by atoms with Gasteiger partial charge in [-0.2, -0.15) is 0 Å². The molecule has 1 unspecified atom stereocenters. The molecule has 0 amide bonds. The van der Waals surface area contributed by atoms with Crippen molar-refractivity contribution in [3.05, 3.63) is 30.6 Å². The molecule has 3 N–H and O–H groups in total. The first-order valence-corrected chi connectivity index (χ1v) is 8.82. The Morgan fingerprint density at radius 3 is 2.80 bits per heavy atom. The smallest absolute Gasteiger partial charge is 0.152 e. The molecule has 0 fully saturated rings. The van der Waals surface area contributed by atoms with Crippen molar-refractivity contribution in [2.45, 2.75) is 45.3 Å². The van der Waals surface area contributed by atoms with Crippen LogP contribution in [0, 0.1) is 0 Å². The van der Waals surface area contributed by atoms with Gasteiger partial charge in [0.2, 0.25) is 0 Å². The van der Waals surface area contributed by atoms with E-state index in [-0.39, 0.29) is 6.04 Å². The van der Waals surface area contributed by atoms with Crippen LogP contribution in [-0.4, -0.2) is 38.5 Å². The molecule has 2 heterocycles. The van der Waals surface area contributed by atoms with Crippen molar-refractivity contribution < 1.29 is 9.84 Å². The van der Waals surface area contributed by atoms with Gasteiger partial charge in [-0.3, -0.25) is 0 Å². The summed E-state index contributed by atoms with van der Waals surface area (Å²) in [5.41, 5.74) is 7.64. The van der Waals surface area contributed by atoms with Crippen molar-refractivity contribution >= 4 is 27.8 Å². The third-order valence-electron chi connectivity index (χ3n) is 5.13. The number of imidazole rings is 1. The zero-order valence-electron chi connectivity index (χ0n) is 15.1. The van der Waals surface area contributed by atoms with Crippen LogP contribution in [0.25, 0.3) is 21.9 Å². The van der Waals surface area contributed by atoms with E-state index in [4.69, 9.17) is 10.5 Å². The van der Waals surface area contributed by atoms with E-state index in [2.05, 4.69) is 9.97 Å². The molecule has 0 aliphatic rings. The van der Waals surface area contributed by atoms with Crippen LogP contribution in [0.2, 0.25) is 0 Å². The zero-order valence-corrected chi connectivity index (χ0v) is 15.1. The minimum absolute atomic E-state index is 0.173. The standard InChI is InChI=1S/C19H26N4O2/c1-4-19(24,10-11-25-5-2)13(3)23-12-21-16-17(23)14-8-6-7-9-15(14)22-18(16)20/h6-9,12-13,24H,4-5,10-11H2,1-3H3,(H2,20,22)/t13-,19?/m1/s1. The number of rotatable bonds is 7. The number of hydrogen-bond donors (Lipinski definition) is 2. The Bertz CT molecular complexity index is 876. The highest BCUT2D eigenvalue weighted by atomic mass is 16.5. The molecule has 2 aromatic heterocycles. The third-order valence-corrected chi connectivity index (χ3v) is 5.13. The van der Waals surface area contributed by atoms with Crippen LogP contribution in [-0.2, 0) is 4.74 Å². The van der Waals surface area contributed by atoms with Crippen molar-refractivity contribution in [2.24, 2.45) is 0 Å². The summed E-state index contributed by atoms with van der Waals surface area (Å²) in [4.78, 5) is 8.91. The van der Waals surface area contributed by atoms with Gasteiger partial charge in [0, 0.05) is 25.0 Å². The number of hydrogen-bond acceptors (Lipinski definition) is 5. The monoisotopic (exact) mass is 342 g/mol. The molecule has 0 aliphatic heterocycles. The van der Waals surface area contributed by atoms with Gasteiger partial charge in [-0.1, -0.05) is 25.1 Å². The quantitative estimate of drug-likeness (QED) is 0.643. The van der Waals surface area contributed by atoms with Gasteiger partial charge < -0.3 is 20.1 Å². The average molecular weight is 342 g/mol. The lowest BCUT2D eigenvalue weighted by molar-refractivity contribution is -0.0368. The molecule has 134 valence electrons. The van der Waals surface area contributed by atoms with Crippen molar-refractivity contribution in [1.29, 1.82) is 0 Å². The van der Waals surface area contributed by atoms with Crippen molar-refractivity contribution in [2.75, 3.05) is 18.9 Å². The van der Waals surface area contributed by atoms with Gasteiger partial charge in [0.15, 0.2) is 5.82 Å². The molecule has 0 bridgehead atoms. The Kier molecular flexibility index (Phi) is 4.92. The first-order chi connectivity index (χ1) is 12.0. The van der Waals surface area contributed by atoms with E-state index < -0.39 is 5.60 Å². The van der Waals surface area contributed by atoms with Crippen LogP contribution in [0.3, 0.4) is 0 Å². The number of aliphatic hydroxyl groups is 1. The fourth-order valence-electron chi connectivity index (χ4n) is 3.40. The normalized spacial score (nSPS) is 15.5. The van der Waals surface area contributed by atoms with Crippen LogP contribution < -0.4 is 5.73 Å². The van der Waals surface area contributed by atoms with Gasteiger partial charge in [0.1, 0.15) is 5.52 Å². The number of benzene rings is 1. The Balaban J connectivity index is 2.11. The zero-order chi connectivity index (χ0) is 18.0. The maximum atomic E-state index is 11.2. The summed E-state index contributed by atoms with van der Waals surface area (Å²) in [6.45, 7) is 7.15. The van der Waals surface area contributed by atoms with Crippen molar-refractivity contribution in [1.82, 2.24) is 14.5 Å². The lowest BCUT2D eigenvalue weighted by atomic mass is 9.88. The highest BCUT2D eigenvalue weighted by molar-refractivity contribution is 6.06. The highest BCUT2D eigenvalue weighted by Crippen LogP contribution is 2.35. The Morgan fingerprint density at radius 1 is 1.32 bits per heavy atom. The second kappa shape index (κ2) is 6.98. The first-order valence-electron chi connectivity index (χ1n) is 8.82. The summed E-state index contributed by atoms with van der Waals surface area (Å²) in [7, 11) is 0. The molecule has 3 rings (SSSR count). The van der Waals surface area contributed by atoms with Crippen LogP contribution >= 0.6 is 0 Å². The van der Waals surface area contributed by atoms with E-state index in [1.165, 1.54) is 0 Å². The molecule has 25 heavy (non-hydrogen) atoms. The largest absolute Gasteiger partial charge is 0.388 e. The molecule has 2 atom stereocenters. The van der Waals surface area contributed by atoms with Gasteiger partial charge in [-0.05, 0) is 26.3 Å². The number of fused-ring (bicyclic) bond motifs is 3. The fourth-order valence-corrected chi connectivity index (χ4v) is 3.40. The van der Waals surface area contributed by atoms with Gasteiger partial charge in [-0.15, -0.1) is 0 Å². The second-order valence-electron chi connectivity index (χ2n) is 6.44. The van der Waals surface area contributed by atoms with E-state index in [0.717, 1.165) is 16.4 Å². The maximum Gasteiger partial charge on any atom is 0.152 e. The molecule has 1 aromatic carbocycles. The molecule has 6 nitrogen and oxygen atoms in total. The Morgan fingerprint density at radius 2 is 2.08 bits per heavy atom. The molecule has 0 saturated carbocycles. The number of nitrogens with two attached hydrogens (primary N) is 1. The molecular formula is C19H26N4O2. The summed E-state index contributed by atoms with van der Waals surface area (Å²) in [6, 6.07) is 7.69. The summed E-state index contributed by atoms with van der Waals surface area (Å²) < 4.78 is 7.48. The Hall–Kier alpha value is -2.18. The first kappa shape index (κ1) is 17.6. The van der Waals surface area contributed by atoms with E-state index in [1.807, 2.05) is 49.6 Å². The number of ether oxygens (including phenoxy) is 1. The molecule has 0 aliphatic carbocycles. The number of aromatic nitrogens is 3. The molecule has 0 spiro atoms. The molecule has 3 aromatic rings. The number of nitrogens with zero attached hydrogens (tertiary/aromatic N) is 3. The molecule has 0 radical (unpaired) electrons. The summed E-state index contributed by atoms with van der Waals surface area (Å²) in [5, 5.41) is 12.2. The summed E-state index contributed by atoms with van der Waals surface area (Å²) in [6.07, 6.45) is 2.94. The van der Waals surface area contributed by atoms with Crippen molar-refractivity contribution in [3.63, 3.8) is 0 Å². The van der Waals surface area contributed by atoms with E-state index in [1.54, 1.807) is 6.33 Å². The fraction of sp³-hybridized carbons (Fsp3) is 0.474. The maximum absolute atomic E-state index is 11.2. The lowest BCUT2D eigenvalue weighted by Crippen LogP contribution is -2.38. The minimum Gasteiger partial charge on any atom is -0.388 e. The molecule has 6 heteroatoms. The topological polar surface area (TPSA) is 86.2 Å². The van der Waals surface area contributed by atoms with E-state index in [0.29, 0.717) is 37.4 Å². The van der Waals surface area contributed by atoms with Crippen LogP contribution in [0.5, 0.6) is 0 Å². The van der Waals surface area contributed by atoms with Crippen LogP contribution in [0.1, 0.15) is 39.7 Å². The predicted octanol–water partition coefficient (Wildman–Crippen LogP) is 3.30. The van der Waals surface area contributed by atoms with Crippen LogP contribution in [0.15, 0.2) is 30.6 Å². The van der Waals surface area contributed by atoms with Gasteiger partial charge >= 0.3 is 0 Å². The number of pyridine rings is 1. The number of para-hydroxylation sites is 1.